The van der Waals surface area contributed by atoms with Crippen LogP contribution < -0.4 is 10.2 Å². The van der Waals surface area contributed by atoms with Crippen LogP contribution in [0.2, 0.25) is 0 Å². The number of nitrogens with zero attached hydrogens (tertiary/aromatic N) is 3. The van der Waals surface area contributed by atoms with Crippen molar-refractivity contribution < 1.29 is 4.39 Å². The van der Waals surface area contributed by atoms with Gasteiger partial charge in [0, 0.05) is 20.1 Å². The van der Waals surface area contributed by atoms with Gasteiger partial charge in [0.25, 0.3) is 0 Å². The molecule has 0 radical (unpaired) electrons. The van der Waals surface area contributed by atoms with Crippen LogP contribution in [0.4, 0.5) is 10.2 Å². The second kappa shape index (κ2) is 7.26. The van der Waals surface area contributed by atoms with Crippen molar-refractivity contribution in [1.82, 2.24) is 15.3 Å². The molecule has 5 heteroatoms. The van der Waals surface area contributed by atoms with Crippen molar-refractivity contribution in [2.24, 2.45) is 5.92 Å². The van der Waals surface area contributed by atoms with E-state index < -0.39 is 0 Å². The molecule has 0 fully saturated rings. The van der Waals surface area contributed by atoms with Gasteiger partial charge in [0.2, 0.25) is 0 Å². The number of likely N-dealkylation sites (N-methyl/N-ethyl adjacent to an activating group) is 1. The Morgan fingerprint density at radius 3 is 2.72 bits per heavy atom. The van der Waals surface area contributed by atoms with Crippen LogP contribution in [-0.2, 0) is 6.42 Å². The van der Waals surface area contributed by atoms with E-state index in [1.54, 1.807) is 0 Å². The molecule has 1 aromatic rings. The van der Waals surface area contributed by atoms with Gasteiger partial charge >= 0.3 is 0 Å². The molecule has 0 aliphatic carbocycles. The van der Waals surface area contributed by atoms with Crippen LogP contribution >= 0.6 is 0 Å². The van der Waals surface area contributed by atoms with Gasteiger partial charge in [-0.2, -0.15) is 0 Å². The Balaban J connectivity index is 2.53. The average Bonchev–Trinajstić information content (AvgIpc) is 2.34. The van der Waals surface area contributed by atoms with Gasteiger partial charge in [-0.05, 0) is 18.9 Å². The van der Waals surface area contributed by atoms with Gasteiger partial charge in [-0.1, -0.05) is 20.8 Å². The molecule has 4 nitrogen and oxygen atoms in total. The van der Waals surface area contributed by atoms with E-state index in [2.05, 4.69) is 29.1 Å². The van der Waals surface area contributed by atoms with Crippen molar-refractivity contribution in [2.45, 2.75) is 27.2 Å². The molecule has 1 aromatic heterocycles. The standard InChI is InChI=1S/C13H23FN4/c1-5-11-12(14)13(17-9-16-11)18(4)7-6-15-8-10(2)3/h9-10,15H,5-8H2,1-4H3. The van der Waals surface area contributed by atoms with Gasteiger partial charge in [-0.25, -0.2) is 14.4 Å². The summed E-state index contributed by atoms with van der Waals surface area (Å²) in [7, 11) is 1.85. The maximum atomic E-state index is 14.0. The quantitative estimate of drug-likeness (QED) is 0.754. The molecule has 1 heterocycles. The van der Waals surface area contributed by atoms with Crippen molar-refractivity contribution in [3.8, 4) is 0 Å². The molecule has 0 atom stereocenters. The van der Waals surface area contributed by atoms with Crippen LogP contribution in [0.1, 0.15) is 26.5 Å². The normalized spacial score (nSPS) is 11.0. The van der Waals surface area contributed by atoms with E-state index in [0.717, 1.165) is 19.6 Å². The lowest BCUT2D eigenvalue weighted by Gasteiger charge is -2.19. The Morgan fingerprint density at radius 1 is 1.39 bits per heavy atom. The first-order chi connectivity index (χ1) is 8.56. The molecule has 0 saturated heterocycles. The highest BCUT2D eigenvalue weighted by Crippen LogP contribution is 2.16. The molecule has 0 aliphatic heterocycles. The van der Waals surface area contributed by atoms with Gasteiger partial charge in [0.05, 0.1) is 5.69 Å². The zero-order valence-electron chi connectivity index (χ0n) is 11.7. The Hall–Kier alpha value is -1.23. The maximum Gasteiger partial charge on any atom is 0.187 e. The van der Waals surface area contributed by atoms with Crippen LogP contribution in [0.3, 0.4) is 0 Å². The molecule has 0 amide bonds. The SMILES string of the molecule is CCc1ncnc(N(C)CCNCC(C)C)c1F. The summed E-state index contributed by atoms with van der Waals surface area (Å²) in [6.45, 7) is 8.73. The summed E-state index contributed by atoms with van der Waals surface area (Å²) in [5.74, 6) is 0.706. The summed E-state index contributed by atoms with van der Waals surface area (Å²) in [6.07, 6.45) is 2.01. The number of anilines is 1. The first-order valence-electron chi connectivity index (χ1n) is 6.47. The summed E-state index contributed by atoms with van der Waals surface area (Å²) in [6, 6.07) is 0. The molecular weight excluding hydrogens is 231 g/mol. The number of halogens is 1. The minimum atomic E-state index is -0.300. The topological polar surface area (TPSA) is 41.1 Å². The fraction of sp³-hybridized carbons (Fsp3) is 0.692. The van der Waals surface area contributed by atoms with Gasteiger partial charge in [-0.3, -0.25) is 0 Å². The van der Waals surface area contributed by atoms with E-state index >= 15 is 0 Å². The Morgan fingerprint density at radius 2 is 2.11 bits per heavy atom. The summed E-state index contributed by atoms with van der Waals surface area (Å²) >= 11 is 0. The lowest BCUT2D eigenvalue weighted by atomic mass is 10.2. The summed E-state index contributed by atoms with van der Waals surface area (Å²) in [5.41, 5.74) is 0.474. The highest BCUT2D eigenvalue weighted by atomic mass is 19.1. The Kier molecular flexibility index (Phi) is 5.98. The third kappa shape index (κ3) is 4.22. The maximum absolute atomic E-state index is 14.0. The molecule has 0 saturated carbocycles. The molecule has 0 bridgehead atoms. The van der Waals surface area contributed by atoms with Crippen LogP contribution in [0.25, 0.3) is 0 Å². The van der Waals surface area contributed by atoms with Crippen molar-refractivity contribution in [1.29, 1.82) is 0 Å². The molecule has 0 aliphatic rings. The second-order valence-corrected chi connectivity index (χ2v) is 4.83. The van der Waals surface area contributed by atoms with Crippen molar-refractivity contribution >= 4 is 5.82 Å². The lowest BCUT2D eigenvalue weighted by Crippen LogP contribution is -2.32. The van der Waals surface area contributed by atoms with Crippen LogP contribution in [0, 0.1) is 11.7 Å². The zero-order chi connectivity index (χ0) is 13.5. The highest BCUT2D eigenvalue weighted by Gasteiger charge is 2.13. The van der Waals surface area contributed by atoms with E-state index in [-0.39, 0.29) is 5.82 Å². The van der Waals surface area contributed by atoms with Gasteiger partial charge < -0.3 is 10.2 Å². The molecule has 18 heavy (non-hydrogen) atoms. The number of aromatic nitrogens is 2. The summed E-state index contributed by atoms with van der Waals surface area (Å²) < 4.78 is 14.0. The van der Waals surface area contributed by atoms with Crippen molar-refractivity contribution in [3.05, 3.63) is 17.8 Å². The molecule has 0 aromatic carbocycles. The molecule has 1 rings (SSSR count). The summed E-state index contributed by atoms with van der Waals surface area (Å²) in [5, 5.41) is 3.33. The Labute approximate surface area is 109 Å². The molecule has 1 N–H and O–H groups in total. The predicted molar refractivity (Wildman–Crippen MR) is 72.3 cm³/mol. The van der Waals surface area contributed by atoms with Crippen molar-refractivity contribution in [2.75, 3.05) is 31.6 Å². The number of nitrogens with one attached hydrogen (secondary N) is 1. The van der Waals surface area contributed by atoms with E-state index in [9.17, 15) is 4.39 Å². The van der Waals surface area contributed by atoms with Crippen LogP contribution in [0.5, 0.6) is 0 Å². The fourth-order valence-electron chi connectivity index (χ4n) is 1.65. The second-order valence-electron chi connectivity index (χ2n) is 4.83. The molecule has 0 unspecified atom stereocenters. The van der Waals surface area contributed by atoms with Gasteiger partial charge in [-0.15, -0.1) is 0 Å². The minimum absolute atomic E-state index is 0.300. The number of rotatable bonds is 7. The Bertz CT molecular complexity index is 368. The number of hydrogen-bond donors (Lipinski definition) is 1. The molecule has 0 spiro atoms. The van der Waals surface area contributed by atoms with Crippen molar-refractivity contribution in [3.63, 3.8) is 0 Å². The van der Waals surface area contributed by atoms with Crippen LogP contribution in [-0.4, -0.2) is 36.6 Å². The first kappa shape index (κ1) is 14.8. The third-order valence-electron chi connectivity index (χ3n) is 2.72. The first-order valence-corrected chi connectivity index (χ1v) is 6.47. The highest BCUT2D eigenvalue weighted by molar-refractivity contribution is 5.39. The molecule has 102 valence electrons. The van der Waals surface area contributed by atoms with E-state index in [1.165, 1.54) is 6.33 Å². The van der Waals surface area contributed by atoms with E-state index in [1.807, 2.05) is 18.9 Å². The van der Waals surface area contributed by atoms with E-state index in [4.69, 9.17) is 0 Å². The molecular formula is C13H23FN4. The fourth-order valence-corrected chi connectivity index (χ4v) is 1.65. The third-order valence-corrected chi connectivity index (χ3v) is 2.72. The zero-order valence-corrected chi connectivity index (χ0v) is 11.7. The van der Waals surface area contributed by atoms with E-state index in [0.29, 0.717) is 23.9 Å². The monoisotopic (exact) mass is 254 g/mol. The number of hydrogen-bond acceptors (Lipinski definition) is 4. The number of aryl methyl sites for hydroxylation is 1. The average molecular weight is 254 g/mol. The van der Waals surface area contributed by atoms with Crippen LogP contribution in [0.15, 0.2) is 6.33 Å². The minimum Gasteiger partial charge on any atom is -0.356 e. The van der Waals surface area contributed by atoms with Gasteiger partial charge in [0.1, 0.15) is 6.33 Å². The predicted octanol–water partition coefficient (Wildman–Crippen LogP) is 1.86. The largest absolute Gasteiger partial charge is 0.356 e. The smallest absolute Gasteiger partial charge is 0.187 e. The summed E-state index contributed by atoms with van der Waals surface area (Å²) in [4.78, 5) is 9.77. The van der Waals surface area contributed by atoms with Gasteiger partial charge in [0.15, 0.2) is 11.6 Å². The lowest BCUT2D eigenvalue weighted by molar-refractivity contribution is 0.548.